The van der Waals surface area contributed by atoms with Crippen LogP contribution in [0.25, 0.3) is 22.1 Å². The van der Waals surface area contributed by atoms with Crippen molar-refractivity contribution in [3.8, 4) is 22.6 Å². The third-order valence-electron chi connectivity index (χ3n) is 3.19. The second kappa shape index (κ2) is 4.42. The molecule has 3 rings (SSSR count). The highest BCUT2D eigenvalue weighted by molar-refractivity contribution is 5.84. The number of aromatic hydroxyl groups is 2. The first-order valence-corrected chi connectivity index (χ1v) is 6.11. The molecule has 0 saturated carbocycles. The van der Waals surface area contributed by atoms with Gasteiger partial charge >= 0.3 is 5.63 Å². The fourth-order valence-electron chi connectivity index (χ4n) is 2.08. The van der Waals surface area contributed by atoms with E-state index in [9.17, 15) is 15.0 Å². The molecule has 0 aliphatic carbocycles. The van der Waals surface area contributed by atoms with Crippen LogP contribution in [0.4, 0.5) is 0 Å². The SMILES string of the molecule is Cc1ccc(-c2cc3cc(O)c(O)cc3oc2=O)cc1. The zero-order chi connectivity index (χ0) is 14.3. The molecule has 2 N–H and O–H groups in total. The molecule has 2 aromatic carbocycles. The van der Waals surface area contributed by atoms with Crippen molar-refractivity contribution in [2.45, 2.75) is 6.92 Å². The molecule has 4 nitrogen and oxygen atoms in total. The highest BCUT2D eigenvalue weighted by Gasteiger charge is 2.10. The molecule has 0 fully saturated rings. The van der Waals surface area contributed by atoms with E-state index in [4.69, 9.17) is 4.42 Å². The van der Waals surface area contributed by atoms with Crippen LogP contribution in [-0.4, -0.2) is 10.2 Å². The topological polar surface area (TPSA) is 70.7 Å². The molecule has 0 unspecified atom stereocenters. The molecule has 100 valence electrons. The van der Waals surface area contributed by atoms with Gasteiger partial charge in [-0.05, 0) is 24.6 Å². The quantitative estimate of drug-likeness (QED) is 0.525. The number of hydrogen-bond acceptors (Lipinski definition) is 4. The summed E-state index contributed by atoms with van der Waals surface area (Å²) in [6.45, 7) is 1.97. The van der Waals surface area contributed by atoms with Crippen LogP contribution >= 0.6 is 0 Å². The van der Waals surface area contributed by atoms with Crippen LogP contribution in [0.1, 0.15) is 5.56 Å². The summed E-state index contributed by atoms with van der Waals surface area (Å²) in [5, 5.41) is 19.5. The lowest BCUT2D eigenvalue weighted by Gasteiger charge is -2.04. The van der Waals surface area contributed by atoms with Crippen LogP contribution in [0, 0.1) is 6.92 Å². The van der Waals surface area contributed by atoms with Crippen molar-refractivity contribution in [2.24, 2.45) is 0 Å². The summed E-state index contributed by atoms with van der Waals surface area (Å²) in [7, 11) is 0. The van der Waals surface area contributed by atoms with E-state index in [1.807, 2.05) is 31.2 Å². The molecule has 1 heterocycles. The zero-order valence-electron chi connectivity index (χ0n) is 10.8. The first kappa shape index (κ1) is 12.3. The monoisotopic (exact) mass is 268 g/mol. The van der Waals surface area contributed by atoms with Crippen LogP contribution in [0.3, 0.4) is 0 Å². The average Bonchev–Trinajstić information content (AvgIpc) is 2.41. The molecule has 0 spiro atoms. The lowest BCUT2D eigenvalue weighted by atomic mass is 10.0. The van der Waals surface area contributed by atoms with Gasteiger partial charge in [0.1, 0.15) is 5.58 Å². The highest BCUT2D eigenvalue weighted by atomic mass is 16.4. The first-order chi connectivity index (χ1) is 9.54. The molecule has 3 aromatic rings. The van der Waals surface area contributed by atoms with Gasteiger partial charge in [-0.15, -0.1) is 0 Å². The van der Waals surface area contributed by atoms with Crippen molar-refractivity contribution in [2.75, 3.05) is 0 Å². The van der Waals surface area contributed by atoms with Gasteiger partial charge < -0.3 is 14.6 Å². The molecule has 0 aliphatic heterocycles. The van der Waals surface area contributed by atoms with Crippen LogP contribution in [0.2, 0.25) is 0 Å². The van der Waals surface area contributed by atoms with Crippen molar-refractivity contribution in [3.05, 3.63) is 58.4 Å². The Kier molecular flexibility index (Phi) is 2.71. The molecular formula is C16H12O4. The summed E-state index contributed by atoms with van der Waals surface area (Å²) in [6, 6.07) is 11.7. The van der Waals surface area contributed by atoms with Gasteiger partial charge in [-0.1, -0.05) is 29.8 Å². The molecule has 4 heteroatoms. The smallest absolute Gasteiger partial charge is 0.344 e. The Morgan fingerprint density at radius 1 is 0.950 bits per heavy atom. The Balaban J connectivity index is 2.26. The molecule has 20 heavy (non-hydrogen) atoms. The molecule has 1 aromatic heterocycles. The van der Waals surface area contributed by atoms with Gasteiger partial charge in [-0.3, -0.25) is 0 Å². The van der Waals surface area contributed by atoms with Crippen LogP contribution in [-0.2, 0) is 0 Å². The summed E-state index contributed by atoms with van der Waals surface area (Å²) >= 11 is 0. The predicted molar refractivity (Wildman–Crippen MR) is 76.0 cm³/mol. The maximum Gasteiger partial charge on any atom is 0.344 e. The van der Waals surface area contributed by atoms with Gasteiger partial charge in [0.2, 0.25) is 0 Å². The van der Waals surface area contributed by atoms with E-state index < -0.39 is 5.63 Å². The van der Waals surface area contributed by atoms with E-state index in [0.717, 1.165) is 11.1 Å². The Morgan fingerprint density at radius 3 is 2.30 bits per heavy atom. The summed E-state index contributed by atoms with van der Waals surface area (Å²) in [5.74, 6) is -0.565. The molecule has 0 bridgehead atoms. The van der Waals surface area contributed by atoms with E-state index in [1.165, 1.54) is 12.1 Å². The van der Waals surface area contributed by atoms with E-state index in [0.29, 0.717) is 10.9 Å². The largest absolute Gasteiger partial charge is 0.504 e. The van der Waals surface area contributed by atoms with Gasteiger partial charge in [0.25, 0.3) is 0 Å². The predicted octanol–water partition coefficient (Wildman–Crippen LogP) is 3.18. The lowest BCUT2D eigenvalue weighted by Crippen LogP contribution is -2.02. The Labute approximate surface area is 114 Å². The number of hydrogen-bond donors (Lipinski definition) is 2. The fourth-order valence-corrected chi connectivity index (χ4v) is 2.08. The van der Waals surface area contributed by atoms with Crippen molar-refractivity contribution < 1.29 is 14.6 Å². The number of rotatable bonds is 1. The lowest BCUT2D eigenvalue weighted by molar-refractivity contribution is 0.403. The van der Waals surface area contributed by atoms with E-state index in [1.54, 1.807) is 6.07 Å². The minimum atomic E-state index is -0.480. The van der Waals surface area contributed by atoms with Crippen molar-refractivity contribution in [1.82, 2.24) is 0 Å². The van der Waals surface area contributed by atoms with E-state index in [-0.39, 0.29) is 17.1 Å². The molecule has 0 saturated heterocycles. The number of benzene rings is 2. The third-order valence-corrected chi connectivity index (χ3v) is 3.19. The van der Waals surface area contributed by atoms with Gasteiger partial charge in [0.05, 0.1) is 5.56 Å². The molecule has 0 amide bonds. The van der Waals surface area contributed by atoms with Gasteiger partial charge in [-0.25, -0.2) is 4.79 Å². The summed E-state index contributed by atoms with van der Waals surface area (Å²) in [5.41, 5.74) is 2.02. The minimum Gasteiger partial charge on any atom is -0.504 e. The van der Waals surface area contributed by atoms with Gasteiger partial charge in [-0.2, -0.15) is 0 Å². The maximum absolute atomic E-state index is 12.0. The first-order valence-electron chi connectivity index (χ1n) is 6.11. The van der Waals surface area contributed by atoms with Crippen LogP contribution in [0.5, 0.6) is 11.5 Å². The van der Waals surface area contributed by atoms with Crippen LogP contribution in [0.15, 0.2) is 51.7 Å². The summed E-state index contributed by atoms with van der Waals surface area (Å²) in [6.07, 6.45) is 0. The molecule has 0 atom stereocenters. The van der Waals surface area contributed by atoms with Gasteiger partial charge in [0.15, 0.2) is 11.5 Å². The number of phenolic OH excluding ortho intramolecular Hbond substituents is 2. The maximum atomic E-state index is 12.0. The van der Waals surface area contributed by atoms with Crippen molar-refractivity contribution >= 4 is 11.0 Å². The second-order valence-corrected chi connectivity index (χ2v) is 4.69. The Bertz CT molecular complexity index is 845. The fraction of sp³-hybridized carbons (Fsp3) is 0.0625. The highest BCUT2D eigenvalue weighted by Crippen LogP contribution is 2.31. The molecule has 0 aliphatic rings. The third kappa shape index (κ3) is 2.01. The van der Waals surface area contributed by atoms with Crippen LogP contribution < -0.4 is 5.63 Å². The van der Waals surface area contributed by atoms with Crippen molar-refractivity contribution in [1.29, 1.82) is 0 Å². The Morgan fingerprint density at radius 2 is 1.60 bits per heavy atom. The number of fused-ring (bicyclic) bond motifs is 1. The standard InChI is InChI=1S/C16H12O4/c1-9-2-4-10(5-3-9)12-6-11-7-13(17)14(18)8-15(11)20-16(12)19/h2-8,17-18H,1H3. The van der Waals surface area contributed by atoms with E-state index in [2.05, 4.69) is 0 Å². The zero-order valence-corrected chi connectivity index (χ0v) is 10.8. The summed E-state index contributed by atoms with van der Waals surface area (Å²) in [4.78, 5) is 12.0. The van der Waals surface area contributed by atoms with Gasteiger partial charge in [0, 0.05) is 11.5 Å². The Hall–Kier alpha value is -2.75. The van der Waals surface area contributed by atoms with E-state index >= 15 is 0 Å². The summed E-state index contributed by atoms with van der Waals surface area (Å²) < 4.78 is 5.19. The number of phenols is 2. The average molecular weight is 268 g/mol. The molecular weight excluding hydrogens is 256 g/mol. The molecule has 0 radical (unpaired) electrons. The minimum absolute atomic E-state index is 0.237. The normalized spacial score (nSPS) is 10.8. The van der Waals surface area contributed by atoms with Crippen molar-refractivity contribution in [3.63, 3.8) is 0 Å². The number of aryl methyl sites for hydroxylation is 1. The second-order valence-electron chi connectivity index (χ2n) is 4.69.